The Bertz CT molecular complexity index is 394. The van der Waals surface area contributed by atoms with Crippen LogP contribution < -0.4 is 5.32 Å². The number of aryl methyl sites for hydroxylation is 1. The van der Waals surface area contributed by atoms with Gasteiger partial charge in [0.05, 0.1) is 6.61 Å². The Morgan fingerprint density at radius 2 is 1.95 bits per heavy atom. The van der Waals surface area contributed by atoms with Crippen molar-refractivity contribution < 1.29 is 9.53 Å². The molecule has 0 saturated carbocycles. The predicted molar refractivity (Wildman–Crippen MR) is 76.2 cm³/mol. The van der Waals surface area contributed by atoms with Gasteiger partial charge >= 0.3 is 5.97 Å². The quantitative estimate of drug-likeness (QED) is 0.828. The number of rotatable bonds is 5. The van der Waals surface area contributed by atoms with Crippen molar-refractivity contribution in [3.05, 3.63) is 35.4 Å². The van der Waals surface area contributed by atoms with Crippen LogP contribution in [0.3, 0.4) is 0 Å². The summed E-state index contributed by atoms with van der Waals surface area (Å²) in [5.41, 5.74) is 2.65. The summed E-state index contributed by atoms with van der Waals surface area (Å²) in [6, 6.07) is 8.74. The molecule has 3 nitrogen and oxygen atoms in total. The number of hydrogen-bond donors (Lipinski definition) is 1. The minimum atomic E-state index is -0.107. The molecule has 2 rings (SSSR count). The number of esters is 1. The van der Waals surface area contributed by atoms with Crippen LogP contribution in [0.15, 0.2) is 24.3 Å². The molecule has 0 atom stereocenters. The first kappa shape index (κ1) is 14.1. The molecule has 1 heterocycles. The van der Waals surface area contributed by atoms with E-state index in [1.807, 2.05) is 6.92 Å². The van der Waals surface area contributed by atoms with Crippen molar-refractivity contribution in [3.63, 3.8) is 0 Å². The van der Waals surface area contributed by atoms with Gasteiger partial charge in [0.1, 0.15) is 0 Å². The Kier molecular flexibility index (Phi) is 5.40. The van der Waals surface area contributed by atoms with E-state index < -0.39 is 0 Å². The maximum atomic E-state index is 11.3. The Labute approximate surface area is 115 Å². The summed E-state index contributed by atoms with van der Waals surface area (Å²) in [4.78, 5) is 11.3. The van der Waals surface area contributed by atoms with Crippen molar-refractivity contribution in [1.29, 1.82) is 0 Å². The van der Waals surface area contributed by atoms with Crippen molar-refractivity contribution in [3.8, 4) is 0 Å². The Morgan fingerprint density at radius 1 is 1.26 bits per heavy atom. The fraction of sp³-hybridized carbons (Fsp3) is 0.562. The van der Waals surface area contributed by atoms with Gasteiger partial charge in [-0.1, -0.05) is 24.3 Å². The number of carbonyl (C=O) groups is 1. The number of nitrogens with one attached hydrogen (secondary N) is 1. The van der Waals surface area contributed by atoms with Crippen LogP contribution in [0, 0.1) is 0 Å². The van der Waals surface area contributed by atoms with E-state index in [-0.39, 0.29) is 5.97 Å². The molecule has 1 aliphatic rings. The molecule has 0 amide bonds. The summed E-state index contributed by atoms with van der Waals surface area (Å²) in [7, 11) is 0. The fourth-order valence-electron chi connectivity index (χ4n) is 2.59. The zero-order chi connectivity index (χ0) is 13.5. The summed E-state index contributed by atoms with van der Waals surface area (Å²) >= 11 is 0. The number of hydrogen-bond acceptors (Lipinski definition) is 3. The first-order chi connectivity index (χ1) is 9.29. The van der Waals surface area contributed by atoms with E-state index in [0.717, 1.165) is 19.5 Å². The van der Waals surface area contributed by atoms with E-state index in [4.69, 9.17) is 4.74 Å². The second-order valence-electron chi connectivity index (χ2n) is 5.07. The van der Waals surface area contributed by atoms with Crippen molar-refractivity contribution >= 4 is 5.97 Å². The monoisotopic (exact) mass is 261 g/mol. The highest BCUT2D eigenvalue weighted by Crippen LogP contribution is 2.25. The molecule has 0 aliphatic carbocycles. The zero-order valence-electron chi connectivity index (χ0n) is 11.7. The van der Waals surface area contributed by atoms with Crippen LogP contribution in [0.2, 0.25) is 0 Å². The molecule has 0 aromatic heterocycles. The van der Waals surface area contributed by atoms with Crippen LogP contribution in [0.5, 0.6) is 0 Å². The average Bonchev–Trinajstić information content (AvgIpc) is 2.47. The first-order valence-corrected chi connectivity index (χ1v) is 7.24. The van der Waals surface area contributed by atoms with Gasteiger partial charge in [0.25, 0.3) is 0 Å². The van der Waals surface area contributed by atoms with Crippen LogP contribution in [0.1, 0.15) is 43.2 Å². The van der Waals surface area contributed by atoms with Crippen LogP contribution in [-0.4, -0.2) is 25.7 Å². The summed E-state index contributed by atoms with van der Waals surface area (Å²) in [6.45, 7) is 4.55. The molecule has 1 fully saturated rings. The molecule has 1 saturated heterocycles. The molecule has 104 valence electrons. The lowest BCUT2D eigenvalue weighted by Crippen LogP contribution is -2.26. The van der Waals surface area contributed by atoms with Crippen molar-refractivity contribution in [1.82, 2.24) is 5.32 Å². The molecule has 1 N–H and O–H groups in total. The SMILES string of the molecule is CCOC(=O)CCc1ccc(C2CCNCC2)cc1. The minimum Gasteiger partial charge on any atom is -0.466 e. The first-order valence-electron chi connectivity index (χ1n) is 7.24. The molecule has 1 aromatic rings. The van der Waals surface area contributed by atoms with E-state index in [2.05, 4.69) is 29.6 Å². The molecular formula is C16H23NO2. The smallest absolute Gasteiger partial charge is 0.306 e. The topological polar surface area (TPSA) is 38.3 Å². The van der Waals surface area contributed by atoms with Gasteiger partial charge in [-0.25, -0.2) is 0 Å². The van der Waals surface area contributed by atoms with Crippen LogP contribution in [0.4, 0.5) is 0 Å². The molecule has 3 heteroatoms. The fourth-order valence-corrected chi connectivity index (χ4v) is 2.59. The zero-order valence-corrected chi connectivity index (χ0v) is 11.7. The number of carbonyl (C=O) groups excluding carboxylic acids is 1. The predicted octanol–water partition coefficient (Wildman–Crippen LogP) is 2.65. The largest absolute Gasteiger partial charge is 0.466 e. The normalized spacial score (nSPS) is 16.3. The highest BCUT2D eigenvalue weighted by molar-refractivity contribution is 5.69. The molecule has 0 radical (unpaired) electrons. The van der Waals surface area contributed by atoms with Crippen LogP contribution in [0.25, 0.3) is 0 Å². The van der Waals surface area contributed by atoms with E-state index in [1.54, 1.807) is 0 Å². The van der Waals surface area contributed by atoms with Crippen LogP contribution >= 0.6 is 0 Å². The molecule has 0 unspecified atom stereocenters. The Morgan fingerprint density at radius 3 is 2.58 bits per heavy atom. The summed E-state index contributed by atoms with van der Waals surface area (Å²) in [5.74, 6) is 0.588. The van der Waals surface area contributed by atoms with E-state index >= 15 is 0 Å². The second kappa shape index (κ2) is 7.29. The van der Waals surface area contributed by atoms with Gasteiger partial charge in [-0.15, -0.1) is 0 Å². The van der Waals surface area contributed by atoms with Gasteiger partial charge in [-0.05, 0) is 56.3 Å². The Hall–Kier alpha value is -1.35. The van der Waals surface area contributed by atoms with Crippen molar-refractivity contribution in [2.24, 2.45) is 0 Å². The Balaban J connectivity index is 1.85. The lowest BCUT2D eigenvalue weighted by atomic mass is 9.89. The molecule has 1 aromatic carbocycles. The molecular weight excluding hydrogens is 238 g/mol. The molecule has 0 bridgehead atoms. The maximum Gasteiger partial charge on any atom is 0.306 e. The van der Waals surface area contributed by atoms with Gasteiger partial charge in [0.2, 0.25) is 0 Å². The lowest BCUT2D eigenvalue weighted by molar-refractivity contribution is -0.143. The van der Waals surface area contributed by atoms with Crippen molar-refractivity contribution in [2.45, 2.75) is 38.5 Å². The third-order valence-electron chi connectivity index (χ3n) is 3.71. The van der Waals surface area contributed by atoms with E-state index in [1.165, 1.54) is 24.0 Å². The van der Waals surface area contributed by atoms with Crippen LogP contribution in [-0.2, 0) is 16.0 Å². The number of piperidine rings is 1. The van der Waals surface area contributed by atoms with E-state index in [0.29, 0.717) is 18.9 Å². The standard InChI is InChI=1S/C16H23NO2/c1-2-19-16(18)8-5-13-3-6-14(7-4-13)15-9-11-17-12-10-15/h3-4,6-7,15,17H,2,5,8-12H2,1H3. The number of benzene rings is 1. The lowest BCUT2D eigenvalue weighted by Gasteiger charge is -2.23. The summed E-state index contributed by atoms with van der Waals surface area (Å²) < 4.78 is 4.94. The third-order valence-corrected chi connectivity index (χ3v) is 3.71. The van der Waals surface area contributed by atoms with E-state index in [9.17, 15) is 4.79 Å². The molecule has 0 spiro atoms. The highest BCUT2D eigenvalue weighted by Gasteiger charge is 2.14. The number of ether oxygens (including phenoxy) is 1. The van der Waals surface area contributed by atoms with Gasteiger partial charge in [-0.3, -0.25) is 4.79 Å². The molecule has 19 heavy (non-hydrogen) atoms. The average molecular weight is 261 g/mol. The summed E-state index contributed by atoms with van der Waals surface area (Å²) in [5, 5.41) is 3.39. The second-order valence-corrected chi connectivity index (χ2v) is 5.07. The van der Waals surface area contributed by atoms with Gasteiger partial charge in [-0.2, -0.15) is 0 Å². The van der Waals surface area contributed by atoms with Gasteiger partial charge < -0.3 is 10.1 Å². The van der Waals surface area contributed by atoms with Crippen molar-refractivity contribution in [2.75, 3.05) is 19.7 Å². The minimum absolute atomic E-state index is 0.107. The van der Waals surface area contributed by atoms with Gasteiger partial charge in [0, 0.05) is 6.42 Å². The maximum absolute atomic E-state index is 11.3. The third kappa shape index (κ3) is 4.35. The molecule has 1 aliphatic heterocycles. The highest BCUT2D eigenvalue weighted by atomic mass is 16.5. The van der Waals surface area contributed by atoms with Gasteiger partial charge in [0.15, 0.2) is 0 Å². The summed E-state index contributed by atoms with van der Waals surface area (Å²) in [6.07, 6.45) is 3.69.